The quantitative estimate of drug-likeness (QED) is 0.765. The minimum Gasteiger partial charge on any atom is -0.309 e. The summed E-state index contributed by atoms with van der Waals surface area (Å²) in [5.41, 5.74) is 0. The van der Waals surface area contributed by atoms with Crippen LogP contribution in [0.1, 0.15) is 25.7 Å². The van der Waals surface area contributed by atoms with Crippen LogP contribution < -0.4 is 5.32 Å². The van der Waals surface area contributed by atoms with E-state index in [1.54, 1.807) is 0 Å². The van der Waals surface area contributed by atoms with Gasteiger partial charge in [0.1, 0.15) is 0 Å². The molecule has 2 aliphatic carbocycles. The Labute approximate surface area is 82.7 Å². The van der Waals surface area contributed by atoms with Crippen molar-refractivity contribution in [3.63, 3.8) is 0 Å². The second-order valence-electron chi connectivity index (χ2n) is 4.10. The van der Waals surface area contributed by atoms with Crippen molar-refractivity contribution in [3.8, 4) is 0 Å². The number of hydrogen-bond acceptors (Lipinski definition) is 1. The van der Waals surface area contributed by atoms with Gasteiger partial charge in [-0.1, -0.05) is 22.5 Å². The largest absolute Gasteiger partial charge is 0.309 e. The molecule has 0 heterocycles. The standard InChI is InChI=1S/C10H16BrN/c1-7(11)6-12-10(8-2-3-8)9-4-5-9/h8-10,12H,1-6H2. The molecule has 0 spiro atoms. The van der Waals surface area contributed by atoms with E-state index in [1.807, 2.05) is 0 Å². The molecule has 68 valence electrons. The number of rotatable bonds is 5. The van der Waals surface area contributed by atoms with Gasteiger partial charge in [0.2, 0.25) is 0 Å². The average Bonchev–Trinajstić information content (AvgIpc) is 2.83. The van der Waals surface area contributed by atoms with Gasteiger partial charge in [0.15, 0.2) is 0 Å². The Morgan fingerprint density at radius 3 is 2.17 bits per heavy atom. The predicted octanol–water partition coefficient (Wildman–Crippen LogP) is 2.67. The van der Waals surface area contributed by atoms with Crippen LogP contribution in [-0.4, -0.2) is 12.6 Å². The van der Waals surface area contributed by atoms with Crippen LogP contribution in [0.25, 0.3) is 0 Å². The van der Waals surface area contributed by atoms with Gasteiger partial charge < -0.3 is 5.32 Å². The number of hydrogen-bond donors (Lipinski definition) is 1. The summed E-state index contributed by atoms with van der Waals surface area (Å²) in [7, 11) is 0. The lowest BCUT2D eigenvalue weighted by Crippen LogP contribution is -2.33. The van der Waals surface area contributed by atoms with Crippen molar-refractivity contribution in [2.24, 2.45) is 11.8 Å². The number of nitrogens with one attached hydrogen (secondary N) is 1. The smallest absolute Gasteiger partial charge is 0.0268 e. The number of halogens is 1. The molecule has 0 aromatic rings. The lowest BCUT2D eigenvalue weighted by Gasteiger charge is -2.16. The maximum Gasteiger partial charge on any atom is 0.0268 e. The van der Waals surface area contributed by atoms with E-state index in [9.17, 15) is 0 Å². The van der Waals surface area contributed by atoms with Gasteiger partial charge in [-0.05, 0) is 37.5 Å². The zero-order chi connectivity index (χ0) is 8.55. The van der Waals surface area contributed by atoms with Crippen LogP contribution in [-0.2, 0) is 0 Å². The van der Waals surface area contributed by atoms with Crippen LogP contribution in [0.2, 0.25) is 0 Å². The van der Waals surface area contributed by atoms with Gasteiger partial charge >= 0.3 is 0 Å². The van der Waals surface area contributed by atoms with E-state index >= 15 is 0 Å². The SMILES string of the molecule is C=C(Br)CNC(C1CC1)C1CC1. The maximum atomic E-state index is 3.84. The van der Waals surface area contributed by atoms with Gasteiger partial charge in [0, 0.05) is 17.1 Å². The average molecular weight is 230 g/mol. The van der Waals surface area contributed by atoms with Crippen LogP contribution >= 0.6 is 15.9 Å². The first-order chi connectivity index (χ1) is 5.77. The molecule has 2 rings (SSSR count). The summed E-state index contributed by atoms with van der Waals surface area (Å²) in [4.78, 5) is 0. The normalized spacial score (nSPS) is 23.2. The molecule has 2 saturated carbocycles. The van der Waals surface area contributed by atoms with Crippen molar-refractivity contribution < 1.29 is 0 Å². The van der Waals surface area contributed by atoms with E-state index < -0.39 is 0 Å². The van der Waals surface area contributed by atoms with Crippen molar-refractivity contribution in [3.05, 3.63) is 11.1 Å². The molecule has 0 bridgehead atoms. The van der Waals surface area contributed by atoms with Gasteiger partial charge in [-0.25, -0.2) is 0 Å². The molecule has 0 aliphatic heterocycles. The van der Waals surface area contributed by atoms with Gasteiger partial charge in [0.05, 0.1) is 0 Å². The molecule has 0 saturated heterocycles. The minimum atomic E-state index is 0.805. The van der Waals surface area contributed by atoms with Gasteiger partial charge in [-0.3, -0.25) is 0 Å². The Bertz CT molecular complexity index is 170. The lowest BCUT2D eigenvalue weighted by molar-refractivity contribution is 0.435. The Hall–Kier alpha value is 0.180. The maximum absolute atomic E-state index is 3.84. The minimum absolute atomic E-state index is 0.805. The first-order valence-electron chi connectivity index (χ1n) is 4.84. The highest BCUT2D eigenvalue weighted by Crippen LogP contribution is 2.44. The monoisotopic (exact) mass is 229 g/mol. The molecule has 1 N–H and O–H groups in total. The summed E-state index contributed by atoms with van der Waals surface area (Å²) < 4.78 is 1.08. The van der Waals surface area contributed by atoms with Crippen molar-refractivity contribution in [2.45, 2.75) is 31.7 Å². The van der Waals surface area contributed by atoms with Crippen LogP contribution in [0.15, 0.2) is 11.1 Å². The molecule has 0 unspecified atom stereocenters. The third-order valence-corrected chi connectivity index (χ3v) is 3.07. The Balaban J connectivity index is 1.76. The summed E-state index contributed by atoms with van der Waals surface area (Å²) in [5.74, 6) is 1.98. The molecule has 0 atom stereocenters. The van der Waals surface area contributed by atoms with Crippen molar-refractivity contribution >= 4 is 15.9 Å². The molecule has 0 amide bonds. The van der Waals surface area contributed by atoms with Gasteiger partial charge in [0.25, 0.3) is 0 Å². The van der Waals surface area contributed by atoms with Gasteiger partial charge in [-0.15, -0.1) is 0 Å². The second kappa shape index (κ2) is 3.51. The van der Waals surface area contributed by atoms with Gasteiger partial charge in [-0.2, -0.15) is 0 Å². The predicted molar refractivity (Wildman–Crippen MR) is 55.3 cm³/mol. The zero-order valence-electron chi connectivity index (χ0n) is 7.35. The van der Waals surface area contributed by atoms with Crippen LogP contribution in [0.5, 0.6) is 0 Å². The highest BCUT2D eigenvalue weighted by Gasteiger charge is 2.40. The highest BCUT2D eigenvalue weighted by atomic mass is 79.9. The second-order valence-corrected chi connectivity index (χ2v) is 5.22. The molecule has 2 fully saturated rings. The summed E-state index contributed by atoms with van der Waals surface area (Å²) in [5, 5.41) is 3.60. The molecule has 2 heteroatoms. The molecular formula is C10H16BrN. The zero-order valence-corrected chi connectivity index (χ0v) is 8.94. The van der Waals surface area contributed by atoms with Crippen LogP contribution in [0.3, 0.4) is 0 Å². The van der Waals surface area contributed by atoms with E-state index in [1.165, 1.54) is 25.7 Å². The first-order valence-corrected chi connectivity index (χ1v) is 5.63. The fraction of sp³-hybridized carbons (Fsp3) is 0.800. The summed E-state index contributed by atoms with van der Waals surface area (Å²) >= 11 is 3.38. The van der Waals surface area contributed by atoms with E-state index in [4.69, 9.17) is 0 Å². The molecule has 1 nitrogen and oxygen atoms in total. The summed E-state index contributed by atoms with van der Waals surface area (Å²) in [6.45, 7) is 4.78. The molecule has 0 aromatic heterocycles. The first kappa shape index (κ1) is 8.76. The molecular weight excluding hydrogens is 214 g/mol. The molecule has 2 aliphatic rings. The molecule has 0 aromatic carbocycles. The van der Waals surface area contributed by atoms with Crippen molar-refractivity contribution in [1.29, 1.82) is 0 Å². The fourth-order valence-electron chi connectivity index (χ4n) is 1.86. The molecule has 12 heavy (non-hydrogen) atoms. The van der Waals surface area contributed by atoms with E-state index in [0.29, 0.717) is 0 Å². The fourth-order valence-corrected chi connectivity index (χ4v) is 2.02. The topological polar surface area (TPSA) is 12.0 Å². The van der Waals surface area contributed by atoms with E-state index in [-0.39, 0.29) is 0 Å². The highest BCUT2D eigenvalue weighted by molar-refractivity contribution is 9.11. The van der Waals surface area contributed by atoms with E-state index in [2.05, 4.69) is 27.8 Å². The Morgan fingerprint density at radius 1 is 1.33 bits per heavy atom. The van der Waals surface area contributed by atoms with E-state index in [0.717, 1.165) is 28.9 Å². The molecule has 0 radical (unpaired) electrons. The summed E-state index contributed by atoms with van der Waals surface area (Å²) in [6.07, 6.45) is 5.79. The summed E-state index contributed by atoms with van der Waals surface area (Å²) in [6, 6.07) is 0.805. The van der Waals surface area contributed by atoms with Crippen molar-refractivity contribution in [2.75, 3.05) is 6.54 Å². The Morgan fingerprint density at radius 2 is 1.83 bits per heavy atom. The van der Waals surface area contributed by atoms with Crippen LogP contribution in [0, 0.1) is 11.8 Å². The van der Waals surface area contributed by atoms with Crippen LogP contribution in [0.4, 0.5) is 0 Å². The third kappa shape index (κ3) is 2.33. The third-order valence-electron chi connectivity index (χ3n) is 2.79. The lowest BCUT2D eigenvalue weighted by atomic mass is 10.1. The Kier molecular flexibility index (Phi) is 2.56. The van der Waals surface area contributed by atoms with Crippen molar-refractivity contribution in [1.82, 2.24) is 5.32 Å².